The molecule has 22 heavy (non-hydrogen) atoms. The summed E-state index contributed by atoms with van der Waals surface area (Å²) < 4.78 is 0. The summed E-state index contributed by atoms with van der Waals surface area (Å²) >= 11 is 0. The summed E-state index contributed by atoms with van der Waals surface area (Å²) in [5.41, 5.74) is 3.96. The predicted octanol–water partition coefficient (Wildman–Crippen LogP) is 4.74. The Hall–Kier alpha value is -2.35. The van der Waals surface area contributed by atoms with Crippen molar-refractivity contribution in [3.63, 3.8) is 0 Å². The van der Waals surface area contributed by atoms with Crippen LogP contribution in [0, 0.1) is 0 Å². The van der Waals surface area contributed by atoms with E-state index in [0.717, 1.165) is 25.1 Å². The van der Waals surface area contributed by atoms with Crippen molar-refractivity contribution in [2.75, 3.05) is 0 Å². The number of aromatic nitrogens is 2. The first-order valence-corrected chi connectivity index (χ1v) is 7.99. The second kappa shape index (κ2) is 7.08. The molecule has 0 aliphatic carbocycles. The van der Waals surface area contributed by atoms with Gasteiger partial charge in [0.1, 0.15) is 5.82 Å². The van der Waals surface area contributed by atoms with Gasteiger partial charge < -0.3 is 4.98 Å². The zero-order valence-corrected chi connectivity index (χ0v) is 13.0. The first-order chi connectivity index (χ1) is 10.9. The molecule has 0 aliphatic rings. The molecule has 0 amide bonds. The van der Waals surface area contributed by atoms with Crippen molar-refractivity contribution in [2.24, 2.45) is 0 Å². The maximum Gasteiger partial charge on any atom is 0.106 e. The highest BCUT2D eigenvalue weighted by Gasteiger charge is 2.14. The van der Waals surface area contributed by atoms with E-state index in [-0.39, 0.29) is 0 Å². The van der Waals surface area contributed by atoms with Crippen LogP contribution in [0.5, 0.6) is 0 Å². The monoisotopic (exact) mass is 290 g/mol. The van der Waals surface area contributed by atoms with Gasteiger partial charge in [-0.05, 0) is 24.0 Å². The maximum atomic E-state index is 4.49. The molecule has 2 aromatic carbocycles. The fraction of sp³-hybridized carbons (Fsp3) is 0.250. The number of nitrogens with one attached hydrogen (secondary N) is 1. The van der Waals surface area contributed by atoms with Gasteiger partial charge in [0, 0.05) is 24.2 Å². The molecule has 2 heteroatoms. The molecule has 0 unspecified atom stereocenters. The predicted molar refractivity (Wildman–Crippen MR) is 91.0 cm³/mol. The van der Waals surface area contributed by atoms with Crippen molar-refractivity contribution in [2.45, 2.75) is 32.1 Å². The first-order valence-electron chi connectivity index (χ1n) is 7.99. The third-order valence-corrected chi connectivity index (χ3v) is 4.14. The van der Waals surface area contributed by atoms with Crippen LogP contribution in [0.25, 0.3) is 0 Å². The fourth-order valence-corrected chi connectivity index (χ4v) is 2.89. The van der Waals surface area contributed by atoms with E-state index in [9.17, 15) is 0 Å². The van der Waals surface area contributed by atoms with Gasteiger partial charge in [0.2, 0.25) is 0 Å². The number of aromatic amines is 1. The number of hydrogen-bond acceptors (Lipinski definition) is 1. The third-order valence-electron chi connectivity index (χ3n) is 4.14. The van der Waals surface area contributed by atoms with Crippen LogP contribution >= 0.6 is 0 Å². The Bertz CT molecular complexity index is 646. The van der Waals surface area contributed by atoms with Crippen LogP contribution in [0.4, 0.5) is 0 Å². The topological polar surface area (TPSA) is 28.7 Å². The summed E-state index contributed by atoms with van der Waals surface area (Å²) in [6.07, 6.45) is 4.99. The highest BCUT2D eigenvalue weighted by Crippen LogP contribution is 2.28. The Labute approximate surface area is 132 Å². The van der Waals surface area contributed by atoms with E-state index < -0.39 is 0 Å². The number of aryl methyl sites for hydroxylation is 2. The molecule has 1 N–H and O–H groups in total. The van der Waals surface area contributed by atoms with Crippen molar-refractivity contribution in [1.82, 2.24) is 9.97 Å². The number of H-pyrrole nitrogens is 1. The number of benzene rings is 2. The van der Waals surface area contributed by atoms with E-state index >= 15 is 0 Å². The first kappa shape index (κ1) is 14.6. The minimum atomic E-state index is 0.414. The van der Waals surface area contributed by atoms with Crippen molar-refractivity contribution in [3.05, 3.63) is 89.5 Å². The van der Waals surface area contributed by atoms with Crippen LogP contribution in [0.15, 0.2) is 66.9 Å². The molecule has 0 bridgehead atoms. The average Bonchev–Trinajstić information content (AvgIpc) is 3.05. The summed E-state index contributed by atoms with van der Waals surface area (Å²) in [5, 5.41) is 0. The van der Waals surface area contributed by atoms with Gasteiger partial charge in [-0.15, -0.1) is 0 Å². The Morgan fingerprint density at radius 3 is 2.00 bits per heavy atom. The smallest absolute Gasteiger partial charge is 0.106 e. The molecule has 0 radical (unpaired) electrons. The van der Waals surface area contributed by atoms with Crippen molar-refractivity contribution in [1.29, 1.82) is 0 Å². The van der Waals surface area contributed by atoms with E-state index in [1.807, 2.05) is 6.20 Å². The van der Waals surface area contributed by atoms with Crippen molar-refractivity contribution < 1.29 is 0 Å². The molecule has 3 rings (SSSR count). The van der Waals surface area contributed by atoms with Crippen LogP contribution < -0.4 is 0 Å². The van der Waals surface area contributed by atoms with Crippen molar-refractivity contribution >= 4 is 0 Å². The highest BCUT2D eigenvalue weighted by atomic mass is 14.9. The van der Waals surface area contributed by atoms with E-state index in [2.05, 4.69) is 77.6 Å². The number of nitrogens with zero attached hydrogens (tertiary/aromatic N) is 1. The van der Waals surface area contributed by atoms with Gasteiger partial charge in [0.15, 0.2) is 0 Å². The second-order valence-electron chi connectivity index (χ2n) is 5.62. The normalized spacial score (nSPS) is 11.0. The fourth-order valence-electron chi connectivity index (χ4n) is 2.89. The molecule has 1 aromatic heterocycles. The molecule has 3 aromatic rings. The maximum absolute atomic E-state index is 4.49. The minimum absolute atomic E-state index is 0.414. The largest absolute Gasteiger partial charge is 0.346 e. The van der Waals surface area contributed by atoms with Gasteiger partial charge in [-0.3, -0.25) is 0 Å². The van der Waals surface area contributed by atoms with Gasteiger partial charge >= 0.3 is 0 Å². The summed E-state index contributed by atoms with van der Waals surface area (Å²) in [5.74, 6) is 1.51. The number of hydrogen-bond donors (Lipinski definition) is 1. The van der Waals surface area contributed by atoms with Crippen molar-refractivity contribution in [3.8, 4) is 0 Å². The quantitative estimate of drug-likeness (QED) is 0.698. The van der Waals surface area contributed by atoms with Crippen LogP contribution in [0.3, 0.4) is 0 Å². The summed E-state index contributed by atoms with van der Waals surface area (Å²) in [4.78, 5) is 7.90. The van der Waals surface area contributed by atoms with Crippen LogP contribution in [-0.2, 0) is 12.8 Å². The highest BCUT2D eigenvalue weighted by molar-refractivity contribution is 5.32. The van der Waals surface area contributed by atoms with Gasteiger partial charge in [-0.1, -0.05) is 67.6 Å². The van der Waals surface area contributed by atoms with E-state index in [0.29, 0.717) is 5.92 Å². The zero-order valence-electron chi connectivity index (χ0n) is 13.0. The van der Waals surface area contributed by atoms with E-state index in [1.54, 1.807) is 0 Å². The van der Waals surface area contributed by atoms with Crippen LogP contribution in [0.1, 0.15) is 41.9 Å². The van der Waals surface area contributed by atoms with E-state index in [1.165, 1.54) is 16.8 Å². The summed E-state index contributed by atoms with van der Waals surface area (Å²) in [6, 6.07) is 21.5. The molecule has 0 saturated heterocycles. The third kappa shape index (κ3) is 3.45. The van der Waals surface area contributed by atoms with Crippen LogP contribution in [-0.4, -0.2) is 9.97 Å². The lowest BCUT2D eigenvalue weighted by molar-refractivity contribution is 0.694. The average molecular weight is 290 g/mol. The minimum Gasteiger partial charge on any atom is -0.346 e. The lowest BCUT2D eigenvalue weighted by atomic mass is 9.87. The molecular weight excluding hydrogens is 268 g/mol. The molecular formula is C20H22N2. The lowest BCUT2D eigenvalue weighted by Gasteiger charge is -2.17. The number of rotatable bonds is 6. The Morgan fingerprint density at radius 1 is 0.909 bits per heavy atom. The van der Waals surface area contributed by atoms with Gasteiger partial charge in [-0.25, -0.2) is 4.98 Å². The molecule has 0 fully saturated rings. The SMILES string of the molecule is CCc1cnc(CCC(c2ccccc2)c2ccccc2)[nH]1. The standard InChI is InChI=1S/C20H22N2/c1-2-18-15-21-20(22-18)14-13-19(16-9-5-3-6-10-16)17-11-7-4-8-12-17/h3-12,15,19H,2,13-14H2,1H3,(H,21,22). The van der Waals surface area contributed by atoms with Gasteiger partial charge in [0.25, 0.3) is 0 Å². The van der Waals surface area contributed by atoms with Gasteiger partial charge in [0.05, 0.1) is 0 Å². The van der Waals surface area contributed by atoms with Crippen LogP contribution in [0.2, 0.25) is 0 Å². The summed E-state index contributed by atoms with van der Waals surface area (Å²) in [6.45, 7) is 2.15. The lowest BCUT2D eigenvalue weighted by Crippen LogP contribution is -2.04. The zero-order chi connectivity index (χ0) is 15.2. The molecule has 0 saturated carbocycles. The number of imidazole rings is 1. The molecule has 1 heterocycles. The molecule has 112 valence electrons. The van der Waals surface area contributed by atoms with Gasteiger partial charge in [-0.2, -0.15) is 0 Å². The molecule has 0 aliphatic heterocycles. The Kier molecular flexibility index (Phi) is 4.69. The second-order valence-corrected chi connectivity index (χ2v) is 5.62. The Balaban J connectivity index is 1.80. The Morgan fingerprint density at radius 2 is 1.50 bits per heavy atom. The summed E-state index contributed by atoms with van der Waals surface area (Å²) in [7, 11) is 0. The van der Waals surface area contributed by atoms with E-state index in [4.69, 9.17) is 0 Å². The molecule has 0 atom stereocenters. The molecule has 2 nitrogen and oxygen atoms in total. The molecule has 0 spiro atoms.